The highest BCUT2D eigenvalue weighted by Crippen LogP contribution is 2.26. The summed E-state index contributed by atoms with van der Waals surface area (Å²) in [4.78, 5) is 33.1. The number of anilines is 1. The van der Waals surface area contributed by atoms with Crippen molar-refractivity contribution in [3.8, 4) is 0 Å². The number of rotatable bonds is 3. The van der Waals surface area contributed by atoms with Crippen LogP contribution in [0.2, 0.25) is 0 Å². The van der Waals surface area contributed by atoms with Gasteiger partial charge in [-0.15, -0.1) is 0 Å². The van der Waals surface area contributed by atoms with E-state index in [1.807, 2.05) is 32.9 Å². The zero-order valence-electron chi connectivity index (χ0n) is 19.1. The number of hydrogen-bond donors (Lipinski definition) is 3. The van der Waals surface area contributed by atoms with Crippen LogP contribution in [0.3, 0.4) is 0 Å². The Balaban J connectivity index is 0.000000311. The zero-order valence-corrected chi connectivity index (χ0v) is 19.1. The van der Waals surface area contributed by atoms with Gasteiger partial charge in [-0.2, -0.15) is 0 Å². The van der Waals surface area contributed by atoms with Crippen molar-refractivity contribution in [3.63, 3.8) is 0 Å². The van der Waals surface area contributed by atoms with E-state index in [0.717, 1.165) is 5.56 Å². The molecule has 0 saturated heterocycles. The van der Waals surface area contributed by atoms with Crippen LogP contribution in [0.4, 0.5) is 5.69 Å². The number of esters is 1. The molecule has 2 aromatic carbocycles. The Kier molecular flexibility index (Phi) is 7.99. The number of carbonyl (C=O) groups is 3. The Hall–Kier alpha value is -3.35. The molecule has 0 atom stereocenters. The van der Waals surface area contributed by atoms with E-state index < -0.39 is 11.9 Å². The molecule has 31 heavy (non-hydrogen) atoms. The third kappa shape index (κ3) is 7.44. The van der Waals surface area contributed by atoms with Gasteiger partial charge >= 0.3 is 17.9 Å². The lowest BCUT2D eigenvalue weighted by molar-refractivity contribution is 0.0598. The number of benzene rings is 2. The summed E-state index contributed by atoms with van der Waals surface area (Å²) >= 11 is 0. The average Bonchev–Trinajstić information content (AvgIpc) is 2.65. The molecule has 0 aliphatic carbocycles. The molecule has 7 nitrogen and oxygen atoms in total. The van der Waals surface area contributed by atoms with E-state index in [1.54, 1.807) is 6.07 Å². The van der Waals surface area contributed by atoms with Crippen molar-refractivity contribution in [2.24, 2.45) is 0 Å². The summed E-state index contributed by atoms with van der Waals surface area (Å²) in [5, 5.41) is 17.8. The van der Waals surface area contributed by atoms with Crippen LogP contribution in [0.5, 0.6) is 0 Å². The minimum Gasteiger partial charge on any atom is -0.478 e. The number of carboxylic acids is 2. The van der Waals surface area contributed by atoms with Crippen molar-refractivity contribution < 1.29 is 29.3 Å². The summed E-state index contributed by atoms with van der Waals surface area (Å²) in [6.07, 6.45) is 0. The van der Waals surface area contributed by atoms with Crippen molar-refractivity contribution in [1.82, 2.24) is 0 Å². The predicted octanol–water partition coefficient (Wildman–Crippen LogP) is 4.73. The monoisotopic (exact) mass is 429 g/mol. The summed E-state index contributed by atoms with van der Waals surface area (Å²) in [5.41, 5.74) is 8.26. The van der Waals surface area contributed by atoms with E-state index in [0.29, 0.717) is 16.8 Å². The predicted molar refractivity (Wildman–Crippen MR) is 120 cm³/mol. The van der Waals surface area contributed by atoms with E-state index in [2.05, 4.69) is 25.5 Å². The number of aromatic carboxylic acids is 2. The quantitative estimate of drug-likeness (QED) is 0.475. The Morgan fingerprint density at radius 3 is 1.45 bits per heavy atom. The number of nitrogens with two attached hydrogens (primary N) is 1. The van der Waals surface area contributed by atoms with Crippen LogP contribution in [0.1, 0.15) is 83.7 Å². The molecule has 0 aromatic heterocycles. The Morgan fingerprint density at radius 1 is 0.710 bits per heavy atom. The summed E-state index contributed by atoms with van der Waals surface area (Å²) in [6.45, 7) is 11.9. The number of hydrogen-bond acceptors (Lipinski definition) is 5. The molecular weight excluding hydrogens is 398 g/mol. The van der Waals surface area contributed by atoms with Crippen molar-refractivity contribution in [3.05, 3.63) is 64.2 Å². The third-order valence-electron chi connectivity index (χ3n) is 4.54. The van der Waals surface area contributed by atoms with Crippen molar-refractivity contribution in [2.45, 2.75) is 52.4 Å². The molecule has 0 amide bonds. The molecule has 0 aliphatic heterocycles. The zero-order chi connectivity index (χ0) is 24.1. The summed E-state index contributed by atoms with van der Waals surface area (Å²) in [6, 6.07) is 9.51. The third-order valence-corrected chi connectivity index (χ3v) is 4.54. The molecule has 168 valence electrons. The van der Waals surface area contributed by atoms with E-state index in [4.69, 9.17) is 15.9 Å². The maximum absolute atomic E-state index is 11.4. The second-order valence-corrected chi connectivity index (χ2v) is 9.24. The second kappa shape index (κ2) is 9.64. The standard InChI is InChI=1S/C12H17NO2.C12H14O4/c1-12(2,3)9-5-8(11(14)15-4)6-10(13)7-9;1-12(2,3)9-5-7(10(13)14)4-8(6-9)11(15)16/h5-7H,13H2,1-4H3;4-6H,1-3H3,(H,13,14)(H,15,16). The van der Waals surface area contributed by atoms with Gasteiger partial charge in [0, 0.05) is 5.69 Å². The van der Waals surface area contributed by atoms with E-state index in [-0.39, 0.29) is 27.9 Å². The summed E-state index contributed by atoms with van der Waals surface area (Å²) in [5.74, 6) is -2.59. The number of ether oxygens (including phenoxy) is 1. The van der Waals surface area contributed by atoms with Crippen molar-refractivity contribution in [2.75, 3.05) is 12.8 Å². The largest absolute Gasteiger partial charge is 0.478 e. The number of carboxylic acid groups (broad SMARTS) is 2. The van der Waals surface area contributed by atoms with Crippen LogP contribution in [0.25, 0.3) is 0 Å². The normalized spacial score (nSPS) is 11.2. The molecule has 4 N–H and O–H groups in total. The van der Waals surface area contributed by atoms with Gasteiger partial charge in [-0.25, -0.2) is 14.4 Å². The van der Waals surface area contributed by atoms with Gasteiger partial charge in [-0.1, -0.05) is 41.5 Å². The van der Waals surface area contributed by atoms with Crippen LogP contribution in [0, 0.1) is 0 Å². The van der Waals surface area contributed by atoms with E-state index in [9.17, 15) is 14.4 Å². The van der Waals surface area contributed by atoms with Crippen molar-refractivity contribution >= 4 is 23.6 Å². The van der Waals surface area contributed by atoms with Crippen LogP contribution in [0.15, 0.2) is 36.4 Å². The molecule has 0 heterocycles. The highest BCUT2D eigenvalue weighted by Gasteiger charge is 2.19. The Morgan fingerprint density at radius 2 is 1.10 bits per heavy atom. The molecule has 2 aromatic rings. The number of nitrogen functional groups attached to an aromatic ring is 1. The van der Waals surface area contributed by atoms with E-state index in [1.165, 1.54) is 25.3 Å². The number of methoxy groups -OCH3 is 1. The first-order valence-corrected chi connectivity index (χ1v) is 9.67. The number of carbonyl (C=O) groups excluding carboxylic acids is 1. The smallest absolute Gasteiger partial charge is 0.337 e. The molecule has 0 saturated carbocycles. The van der Waals surface area contributed by atoms with Gasteiger partial charge in [0.05, 0.1) is 23.8 Å². The molecule has 7 heteroatoms. The Bertz CT molecular complexity index is 948. The van der Waals surface area contributed by atoms with E-state index >= 15 is 0 Å². The topological polar surface area (TPSA) is 127 Å². The molecule has 0 fully saturated rings. The van der Waals surface area contributed by atoms with Gasteiger partial charge in [0.1, 0.15) is 0 Å². The van der Waals surface area contributed by atoms with Gasteiger partial charge in [0.2, 0.25) is 0 Å². The van der Waals surface area contributed by atoms with Gasteiger partial charge in [-0.3, -0.25) is 0 Å². The molecule has 0 aliphatic rings. The highest BCUT2D eigenvalue weighted by atomic mass is 16.5. The maximum atomic E-state index is 11.4. The lowest BCUT2D eigenvalue weighted by Gasteiger charge is -2.20. The minimum absolute atomic E-state index is 0.00447. The lowest BCUT2D eigenvalue weighted by Crippen LogP contribution is -2.14. The van der Waals surface area contributed by atoms with Gasteiger partial charge in [0.15, 0.2) is 0 Å². The molecule has 2 rings (SSSR count). The molecule has 0 bridgehead atoms. The van der Waals surface area contributed by atoms with Crippen LogP contribution >= 0.6 is 0 Å². The summed E-state index contributed by atoms with van der Waals surface area (Å²) < 4.78 is 4.66. The molecular formula is C24H31NO6. The SMILES string of the molecule is CC(C)(C)c1cc(C(=O)O)cc(C(=O)O)c1.COC(=O)c1cc(N)cc(C(C)(C)C)c1. The maximum Gasteiger partial charge on any atom is 0.337 e. The second-order valence-electron chi connectivity index (χ2n) is 9.24. The molecule has 0 spiro atoms. The van der Waals surface area contributed by atoms with Gasteiger partial charge < -0.3 is 20.7 Å². The van der Waals surface area contributed by atoms with Crippen molar-refractivity contribution in [1.29, 1.82) is 0 Å². The minimum atomic E-state index is -1.12. The molecule has 0 unspecified atom stereocenters. The Labute approximate surface area is 182 Å². The lowest BCUT2D eigenvalue weighted by atomic mass is 9.85. The summed E-state index contributed by atoms with van der Waals surface area (Å²) in [7, 11) is 1.36. The first kappa shape index (κ1) is 25.7. The van der Waals surface area contributed by atoms with Crippen LogP contribution in [-0.2, 0) is 15.6 Å². The van der Waals surface area contributed by atoms with Crippen LogP contribution in [-0.4, -0.2) is 35.2 Å². The van der Waals surface area contributed by atoms with Crippen LogP contribution < -0.4 is 5.73 Å². The first-order chi connectivity index (χ1) is 14.1. The fourth-order valence-electron chi connectivity index (χ4n) is 2.63. The molecule has 0 radical (unpaired) electrons. The first-order valence-electron chi connectivity index (χ1n) is 9.67. The highest BCUT2D eigenvalue weighted by molar-refractivity contribution is 5.94. The average molecular weight is 430 g/mol. The van der Waals surface area contributed by atoms with Gasteiger partial charge in [0.25, 0.3) is 0 Å². The fraction of sp³-hybridized carbons (Fsp3) is 0.375. The van der Waals surface area contributed by atoms with Gasteiger partial charge in [-0.05, 0) is 58.4 Å². The fourth-order valence-corrected chi connectivity index (χ4v) is 2.63.